The molecule has 0 atom stereocenters. The van der Waals surface area contributed by atoms with E-state index in [1.807, 2.05) is 31.1 Å². The maximum absolute atomic E-state index is 5.47. The molecule has 2 N–H and O–H groups in total. The number of nitrogens with one attached hydrogen (secondary N) is 2. The van der Waals surface area contributed by atoms with Gasteiger partial charge in [0.1, 0.15) is 5.76 Å². The smallest absolute Gasteiger partial charge is 0.191 e. The second kappa shape index (κ2) is 13.4. The summed E-state index contributed by atoms with van der Waals surface area (Å²) in [6.45, 7) is 5.74. The van der Waals surface area contributed by atoms with E-state index in [1.54, 1.807) is 17.6 Å². The topological polar surface area (TPSA) is 68.9 Å². The van der Waals surface area contributed by atoms with Crippen molar-refractivity contribution in [1.82, 2.24) is 20.5 Å². The van der Waals surface area contributed by atoms with Gasteiger partial charge in [0.15, 0.2) is 11.1 Å². The van der Waals surface area contributed by atoms with Crippen LogP contribution >= 0.6 is 35.3 Å². The minimum absolute atomic E-state index is 0. The summed E-state index contributed by atoms with van der Waals surface area (Å²) in [4.78, 5) is 13.7. The van der Waals surface area contributed by atoms with Crippen molar-refractivity contribution >= 4 is 46.4 Å². The van der Waals surface area contributed by atoms with E-state index in [9.17, 15) is 0 Å². The molecule has 7 nitrogen and oxygen atoms in total. The van der Waals surface area contributed by atoms with Crippen LogP contribution in [0.1, 0.15) is 29.5 Å². The Morgan fingerprint density at radius 1 is 1.06 bits per heavy atom. The van der Waals surface area contributed by atoms with Gasteiger partial charge in [-0.25, -0.2) is 9.98 Å². The van der Waals surface area contributed by atoms with Crippen LogP contribution in [-0.4, -0.2) is 43.5 Å². The van der Waals surface area contributed by atoms with E-state index in [2.05, 4.69) is 64.1 Å². The Morgan fingerprint density at radius 2 is 1.84 bits per heavy atom. The van der Waals surface area contributed by atoms with Crippen molar-refractivity contribution < 1.29 is 4.42 Å². The molecule has 0 saturated carbocycles. The summed E-state index contributed by atoms with van der Waals surface area (Å²) in [6, 6.07) is 12.4. The van der Waals surface area contributed by atoms with E-state index in [1.165, 1.54) is 11.1 Å². The Balaban J connectivity index is 0.00000363. The first kappa shape index (κ1) is 26.1. The van der Waals surface area contributed by atoms with Crippen molar-refractivity contribution in [2.75, 3.05) is 32.6 Å². The number of thiazole rings is 1. The molecular formula is C23H33IN6OS. The number of halogens is 1. The van der Waals surface area contributed by atoms with E-state index in [0.717, 1.165) is 42.2 Å². The van der Waals surface area contributed by atoms with Crippen LogP contribution in [0.2, 0.25) is 0 Å². The molecule has 3 rings (SSSR count). The first-order valence-corrected chi connectivity index (χ1v) is 11.3. The van der Waals surface area contributed by atoms with Gasteiger partial charge in [0.25, 0.3) is 0 Å². The van der Waals surface area contributed by atoms with Crippen LogP contribution in [0.4, 0.5) is 5.13 Å². The van der Waals surface area contributed by atoms with Crippen molar-refractivity contribution in [3.63, 3.8) is 0 Å². The molecule has 0 aliphatic heterocycles. The van der Waals surface area contributed by atoms with Gasteiger partial charge in [0, 0.05) is 32.6 Å². The third kappa shape index (κ3) is 8.10. The summed E-state index contributed by atoms with van der Waals surface area (Å²) in [5, 5.41) is 9.80. The van der Waals surface area contributed by atoms with E-state index in [-0.39, 0.29) is 24.0 Å². The van der Waals surface area contributed by atoms with Gasteiger partial charge in [0.05, 0.1) is 31.6 Å². The summed E-state index contributed by atoms with van der Waals surface area (Å²) in [6.07, 6.45) is 1.72. The molecule has 0 radical (unpaired) electrons. The van der Waals surface area contributed by atoms with Crippen molar-refractivity contribution in [1.29, 1.82) is 0 Å². The number of benzene rings is 1. The largest absolute Gasteiger partial charge is 0.468 e. The molecule has 0 aliphatic carbocycles. The highest BCUT2D eigenvalue weighted by Crippen LogP contribution is 2.18. The third-order valence-electron chi connectivity index (χ3n) is 4.68. The molecule has 0 fully saturated rings. The Kier molecular flexibility index (Phi) is 11.0. The lowest BCUT2D eigenvalue weighted by molar-refractivity contribution is 0.287. The Labute approximate surface area is 212 Å². The standard InChI is InChI=1S/C23H32N6OS.HI/c1-5-24-22(26-14-20-17-31-23(27-20)28(2)3)25-13-18-9-6-7-10-19(18)15-29(4)16-21-11-8-12-30-21;/h6-12,17H,5,13-16H2,1-4H3,(H2,24,25,26);1H. The Morgan fingerprint density at radius 3 is 2.50 bits per heavy atom. The number of rotatable bonds is 10. The fourth-order valence-corrected chi connectivity index (χ4v) is 3.90. The van der Waals surface area contributed by atoms with E-state index < -0.39 is 0 Å². The SMILES string of the molecule is CCNC(=NCc1ccccc1CN(C)Cc1ccco1)NCc1csc(N(C)C)n1.I. The number of furan rings is 1. The average molecular weight is 569 g/mol. The number of guanidine groups is 1. The molecule has 174 valence electrons. The number of hydrogen-bond acceptors (Lipinski definition) is 6. The molecule has 0 amide bonds. The molecule has 0 spiro atoms. The normalized spacial score (nSPS) is 11.3. The average Bonchev–Trinajstić information content (AvgIpc) is 3.43. The molecule has 0 unspecified atom stereocenters. The minimum atomic E-state index is 0. The minimum Gasteiger partial charge on any atom is -0.468 e. The molecular weight excluding hydrogens is 535 g/mol. The van der Waals surface area contributed by atoms with Gasteiger partial charge in [-0.15, -0.1) is 35.3 Å². The molecule has 0 aliphatic rings. The first-order valence-electron chi connectivity index (χ1n) is 10.5. The van der Waals surface area contributed by atoms with E-state index in [0.29, 0.717) is 13.1 Å². The van der Waals surface area contributed by atoms with Crippen LogP contribution in [0.3, 0.4) is 0 Å². The highest BCUT2D eigenvalue weighted by Gasteiger charge is 2.09. The second-order valence-electron chi connectivity index (χ2n) is 7.58. The Hall–Kier alpha value is -2.11. The van der Waals surface area contributed by atoms with Crippen molar-refractivity contribution in [2.45, 2.75) is 33.1 Å². The summed E-state index contributed by atoms with van der Waals surface area (Å²) in [7, 11) is 6.11. The molecule has 2 heterocycles. The van der Waals surface area contributed by atoms with Crippen LogP contribution in [0.25, 0.3) is 0 Å². The van der Waals surface area contributed by atoms with Crippen LogP contribution in [0.15, 0.2) is 57.5 Å². The van der Waals surface area contributed by atoms with Crippen molar-refractivity contribution in [3.8, 4) is 0 Å². The fourth-order valence-electron chi connectivity index (χ4n) is 3.14. The lowest BCUT2D eigenvalue weighted by Gasteiger charge is -2.17. The number of nitrogens with zero attached hydrogens (tertiary/aromatic N) is 4. The lowest BCUT2D eigenvalue weighted by Crippen LogP contribution is -2.36. The molecule has 0 bridgehead atoms. The second-order valence-corrected chi connectivity index (χ2v) is 8.42. The number of hydrogen-bond donors (Lipinski definition) is 2. The lowest BCUT2D eigenvalue weighted by atomic mass is 10.1. The van der Waals surface area contributed by atoms with Crippen LogP contribution in [0.5, 0.6) is 0 Å². The molecule has 3 aromatic rings. The molecule has 0 saturated heterocycles. The summed E-state index contributed by atoms with van der Waals surface area (Å²) in [5.74, 6) is 1.76. The van der Waals surface area contributed by atoms with Gasteiger partial charge in [-0.2, -0.15) is 0 Å². The van der Waals surface area contributed by atoms with Gasteiger partial charge in [0.2, 0.25) is 0 Å². The maximum atomic E-state index is 5.47. The molecule has 32 heavy (non-hydrogen) atoms. The summed E-state index contributed by atoms with van der Waals surface area (Å²) < 4.78 is 5.47. The van der Waals surface area contributed by atoms with Crippen molar-refractivity contribution in [2.24, 2.45) is 4.99 Å². The number of aliphatic imine (C=N–C) groups is 1. The number of anilines is 1. The first-order chi connectivity index (χ1) is 15.0. The highest BCUT2D eigenvalue weighted by molar-refractivity contribution is 14.0. The maximum Gasteiger partial charge on any atom is 0.191 e. The summed E-state index contributed by atoms with van der Waals surface area (Å²) >= 11 is 1.64. The van der Waals surface area contributed by atoms with Gasteiger partial charge in [-0.1, -0.05) is 24.3 Å². The zero-order chi connectivity index (χ0) is 22.1. The quantitative estimate of drug-likeness (QED) is 0.216. The van der Waals surface area contributed by atoms with Crippen LogP contribution in [0, 0.1) is 0 Å². The van der Waals surface area contributed by atoms with Gasteiger partial charge >= 0.3 is 0 Å². The van der Waals surface area contributed by atoms with E-state index >= 15 is 0 Å². The fraction of sp³-hybridized carbons (Fsp3) is 0.391. The van der Waals surface area contributed by atoms with Gasteiger partial charge in [-0.05, 0) is 37.2 Å². The highest BCUT2D eigenvalue weighted by atomic mass is 127. The monoisotopic (exact) mass is 568 g/mol. The molecule has 2 aromatic heterocycles. The van der Waals surface area contributed by atoms with Gasteiger partial charge in [-0.3, -0.25) is 4.90 Å². The van der Waals surface area contributed by atoms with Crippen LogP contribution in [-0.2, 0) is 26.2 Å². The Bertz CT molecular complexity index is 957. The zero-order valence-corrected chi connectivity index (χ0v) is 22.3. The predicted molar refractivity (Wildman–Crippen MR) is 144 cm³/mol. The number of aromatic nitrogens is 1. The van der Waals surface area contributed by atoms with Crippen LogP contribution < -0.4 is 15.5 Å². The van der Waals surface area contributed by atoms with E-state index in [4.69, 9.17) is 9.41 Å². The molecule has 9 heteroatoms. The zero-order valence-electron chi connectivity index (χ0n) is 19.2. The summed E-state index contributed by atoms with van der Waals surface area (Å²) in [5.41, 5.74) is 3.50. The predicted octanol–water partition coefficient (Wildman–Crippen LogP) is 4.31. The van der Waals surface area contributed by atoms with Crippen molar-refractivity contribution in [3.05, 3.63) is 70.6 Å². The third-order valence-corrected chi connectivity index (χ3v) is 5.73. The molecule has 1 aromatic carbocycles. The van der Waals surface area contributed by atoms with Gasteiger partial charge < -0.3 is 20.0 Å².